The first-order valence-electron chi connectivity index (χ1n) is 7.40. The Morgan fingerprint density at radius 3 is 2.74 bits per heavy atom. The smallest absolute Gasteiger partial charge is 0.230 e. The van der Waals surface area contributed by atoms with Gasteiger partial charge in [0.15, 0.2) is 0 Å². The van der Waals surface area contributed by atoms with E-state index in [4.69, 9.17) is 5.73 Å². The normalized spacial score (nSPS) is 35.7. The van der Waals surface area contributed by atoms with Crippen LogP contribution >= 0.6 is 0 Å². The van der Waals surface area contributed by atoms with Crippen LogP contribution in [0.4, 0.5) is 5.69 Å². The molecule has 19 heavy (non-hydrogen) atoms. The molecular weight excluding hydrogens is 236 g/mol. The summed E-state index contributed by atoms with van der Waals surface area (Å²) >= 11 is 0. The van der Waals surface area contributed by atoms with Crippen molar-refractivity contribution < 1.29 is 4.79 Å². The summed E-state index contributed by atoms with van der Waals surface area (Å²) in [6.45, 7) is 0.686. The van der Waals surface area contributed by atoms with Gasteiger partial charge in [-0.15, -0.1) is 0 Å². The van der Waals surface area contributed by atoms with Gasteiger partial charge in [0.25, 0.3) is 0 Å². The summed E-state index contributed by atoms with van der Waals surface area (Å²) in [5.74, 6) is 1.99. The highest BCUT2D eigenvalue weighted by molar-refractivity contribution is 5.98. The Morgan fingerprint density at radius 2 is 1.95 bits per heavy atom. The number of nitrogens with zero attached hydrogens (tertiary/aromatic N) is 1. The van der Waals surface area contributed by atoms with Crippen LogP contribution in [0.1, 0.15) is 24.8 Å². The highest BCUT2D eigenvalue weighted by Crippen LogP contribution is 2.58. The fourth-order valence-electron chi connectivity index (χ4n) is 4.20. The Labute approximate surface area is 113 Å². The molecule has 1 aromatic carbocycles. The zero-order valence-corrected chi connectivity index (χ0v) is 11.1. The summed E-state index contributed by atoms with van der Waals surface area (Å²) in [6, 6.07) is 8.30. The molecule has 0 spiro atoms. The number of carbonyl (C=O) groups excluding carboxylic acids is 1. The number of nitrogens with two attached hydrogens (primary N) is 1. The summed E-state index contributed by atoms with van der Waals surface area (Å²) in [6.07, 6.45) is 4.71. The molecule has 1 aliphatic heterocycles. The average molecular weight is 256 g/mol. The molecule has 4 rings (SSSR count). The number of rotatable bonds is 1. The van der Waals surface area contributed by atoms with Gasteiger partial charge in [0.2, 0.25) is 5.91 Å². The quantitative estimate of drug-likeness (QED) is 0.834. The molecule has 3 nitrogen and oxygen atoms in total. The second-order valence-electron chi connectivity index (χ2n) is 6.33. The van der Waals surface area contributed by atoms with E-state index in [-0.39, 0.29) is 6.04 Å². The summed E-state index contributed by atoms with van der Waals surface area (Å²) in [7, 11) is 0. The summed E-state index contributed by atoms with van der Waals surface area (Å²) < 4.78 is 0. The monoisotopic (exact) mass is 256 g/mol. The number of benzene rings is 1. The van der Waals surface area contributed by atoms with Gasteiger partial charge >= 0.3 is 0 Å². The van der Waals surface area contributed by atoms with Crippen molar-refractivity contribution in [3.8, 4) is 0 Å². The molecule has 3 unspecified atom stereocenters. The van der Waals surface area contributed by atoms with Crippen molar-refractivity contribution >= 4 is 11.6 Å². The summed E-state index contributed by atoms with van der Waals surface area (Å²) in [5.41, 5.74) is 8.44. The van der Waals surface area contributed by atoms with Crippen LogP contribution in [0.15, 0.2) is 24.3 Å². The Morgan fingerprint density at radius 1 is 1.21 bits per heavy atom. The van der Waals surface area contributed by atoms with E-state index in [1.807, 2.05) is 17.0 Å². The first-order valence-corrected chi connectivity index (χ1v) is 7.40. The molecule has 0 radical (unpaired) electrons. The average Bonchev–Trinajstić information content (AvgIpc) is 2.89. The predicted octanol–water partition coefficient (Wildman–Crippen LogP) is 1.95. The lowest BCUT2D eigenvalue weighted by Crippen LogP contribution is -2.47. The molecule has 0 bridgehead atoms. The molecule has 1 amide bonds. The largest absolute Gasteiger partial charge is 0.326 e. The SMILES string of the molecule is NC1Cc2ccccc2N(C(=O)C2C3CCCC32)C1. The van der Waals surface area contributed by atoms with Crippen molar-refractivity contribution in [2.75, 3.05) is 11.4 Å². The highest BCUT2D eigenvalue weighted by atomic mass is 16.2. The number of hydrogen-bond donors (Lipinski definition) is 1. The Bertz CT molecular complexity index is 517. The first-order chi connectivity index (χ1) is 9.25. The van der Waals surface area contributed by atoms with Gasteiger partial charge < -0.3 is 10.6 Å². The van der Waals surface area contributed by atoms with Crippen LogP contribution in [-0.2, 0) is 11.2 Å². The Kier molecular flexibility index (Phi) is 2.46. The molecule has 3 atom stereocenters. The third-order valence-corrected chi connectivity index (χ3v) is 5.14. The molecule has 3 heteroatoms. The van der Waals surface area contributed by atoms with Crippen LogP contribution < -0.4 is 10.6 Å². The minimum Gasteiger partial charge on any atom is -0.326 e. The van der Waals surface area contributed by atoms with Gasteiger partial charge in [-0.2, -0.15) is 0 Å². The van der Waals surface area contributed by atoms with Crippen molar-refractivity contribution in [3.05, 3.63) is 29.8 Å². The van der Waals surface area contributed by atoms with Crippen molar-refractivity contribution in [1.29, 1.82) is 0 Å². The topological polar surface area (TPSA) is 46.3 Å². The number of fused-ring (bicyclic) bond motifs is 2. The number of hydrogen-bond acceptors (Lipinski definition) is 2. The Balaban J connectivity index is 1.63. The number of amides is 1. The molecule has 2 N–H and O–H groups in total. The molecule has 2 saturated carbocycles. The number of carbonyl (C=O) groups is 1. The van der Waals surface area contributed by atoms with Gasteiger partial charge in [-0.3, -0.25) is 4.79 Å². The standard InChI is InChI=1S/C16H20N2O/c17-11-8-10-4-1-2-7-14(10)18(9-11)16(19)15-12-5-3-6-13(12)15/h1-2,4,7,11-13,15H,3,5-6,8-9,17H2. The second kappa shape index (κ2) is 4.07. The van der Waals surface area contributed by atoms with E-state index < -0.39 is 0 Å². The molecule has 3 aliphatic rings. The molecule has 1 heterocycles. The van der Waals surface area contributed by atoms with Crippen molar-refractivity contribution in [1.82, 2.24) is 0 Å². The third kappa shape index (κ3) is 1.71. The van der Waals surface area contributed by atoms with Crippen LogP contribution in [0.2, 0.25) is 0 Å². The minimum atomic E-state index is 0.0810. The van der Waals surface area contributed by atoms with Crippen LogP contribution in [0.25, 0.3) is 0 Å². The molecule has 1 aromatic rings. The molecule has 2 fully saturated rings. The fraction of sp³-hybridized carbons (Fsp3) is 0.562. The van der Waals surface area contributed by atoms with Gasteiger partial charge in [0.1, 0.15) is 0 Å². The van der Waals surface area contributed by atoms with Crippen LogP contribution in [-0.4, -0.2) is 18.5 Å². The van der Waals surface area contributed by atoms with Gasteiger partial charge in [-0.1, -0.05) is 24.6 Å². The van der Waals surface area contributed by atoms with Gasteiger partial charge in [0, 0.05) is 24.2 Å². The number of para-hydroxylation sites is 1. The maximum atomic E-state index is 12.8. The van der Waals surface area contributed by atoms with Gasteiger partial charge in [-0.05, 0) is 42.7 Å². The fourth-order valence-corrected chi connectivity index (χ4v) is 4.20. The van der Waals surface area contributed by atoms with Crippen LogP contribution in [0.3, 0.4) is 0 Å². The van der Waals surface area contributed by atoms with Crippen molar-refractivity contribution in [3.63, 3.8) is 0 Å². The third-order valence-electron chi connectivity index (χ3n) is 5.14. The molecule has 100 valence electrons. The van der Waals surface area contributed by atoms with E-state index in [1.54, 1.807) is 0 Å². The zero-order chi connectivity index (χ0) is 13.0. The van der Waals surface area contributed by atoms with E-state index in [1.165, 1.54) is 24.8 Å². The van der Waals surface area contributed by atoms with E-state index in [0.717, 1.165) is 12.1 Å². The van der Waals surface area contributed by atoms with E-state index >= 15 is 0 Å². The van der Waals surface area contributed by atoms with Crippen molar-refractivity contribution in [2.45, 2.75) is 31.7 Å². The summed E-state index contributed by atoms with van der Waals surface area (Å²) in [5, 5.41) is 0. The molecule has 0 saturated heterocycles. The Hall–Kier alpha value is -1.35. The van der Waals surface area contributed by atoms with Crippen LogP contribution in [0, 0.1) is 17.8 Å². The zero-order valence-electron chi connectivity index (χ0n) is 11.1. The first kappa shape index (κ1) is 11.5. The highest BCUT2D eigenvalue weighted by Gasteiger charge is 2.57. The maximum Gasteiger partial charge on any atom is 0.230 e. The maximum absolute atomic E-state index is 12.8. The van der Waals surface area contributed by atoms with Crippen molar-refractivity contribution in [2.24, 2.45) is 23.5 Å². The lowest BCUT2D eigenvalue weighted by atomic mass is 9.97. The van der Waals surface area contributed by atoms with Gasteiger partial charge in [-0.25, -0.2) is 0 Å². The van der Waals surface area contributed by atoms with E-state index in [2.05, 4.69) is 12.1 Å². The minimum absolute atomic E-state index is 0.0810. The second-order valence-corrected chi connectivity index (χ2v) is 6.33. The van der Waals surface area contributed by atoms with Gasteiger partial charge in [0.05, 0.1) is 0 Å². The predicted molar refractivity (Wildman–Crippen MR) is 74.8 cm³/mol. The summed E-state index contributed by atoms with van der Waals surface area (Å²) in [4.78, 5) is 14.7. The molecular formula is C16H20N2O. The van der Waals surface area contributed by atoms with Crippen LogP contribution in [0.5, 0.6) is 0 Å². The molecule has 0 aromatic heterocycles. The molecule has 2 aliphatic carbocycles. The van der Waals surface area contributed by atoms with E-state index in [9.17, 15) is 4.79 Å². The number of anilines is 1. The van der Waals surface area contributed by atoms with E-state index in [0.29, 0.717) is 30.2 Å². The lowest BCUT2D eigenvalue weighted by Gasteiger charge is -2.33. The lowest BCUT2D eigenvalue weighted by molar-refractivity contribution is -0.120.